The number of carboxylic acid groups (broad SMARTS) is 1. The molecule has 1 atom stereocenters. The standard InChI is InChI=1S/C6H12N2O3.H3N/c1-8-4(6(10)11)2-3-5(7)9;/h4,8H,2-3H2,1H3,(H2,7,9)(H,10,11);1H3/t4-;/m0./s1. The molecule has 0 aliphatic rings. The fourth-order valence-electron chi connectivity index (χ4n) is 0.667. The number of aliphatic carboxylic acids is 1. The summed E-state index contributed by atoms with van der Waals surface area (Å²) in [6.45, 7) is 0. The Bertz CT molecular complexity index is 160. The molecule has 1 amide bonds. The Hall–Kier alpha value is -1.14. The van der Waals surface area contributed by atoms with Gasteiger partial charge in [-0.3, -0.25) is 4.79 Å². The molecule has 0 heterocycles. The quantitative estimate of drug-likeness (QED) is 0.446. The highest BCUT2D eigenvalue weighted by Gasteiger charge is 2.07. The van der Waals surface area contributed by atoms with Crippen LogP contribution in [0.4, 0.5) is 0 Å². The number of nitrogens with two attached hydrogens (primary N) is 1. The molecule has 0 spiro atoms. The zero-order chi connectivity index (χ0) is 8.85. The van der Waals surface area contributed by atoms with Crippen molar-refractivity contribution in [1.29, 1.82) is 0 Å². The Labute approximate surface area is 70.7 Å². The minimum Gasteiger partial charge on any atom is -0.548 e. The molecular weight excluding hydrogens is 162 g/mol. The molecule has 6 heteroatoms. The van der Waals surface area contributed by atoms with Crippen LogP contribution in [-0.4, -0.2) is 25.0 Å². The monoisotopic (exact) mass is 177 g/mol. The minimum atomic E-state index is -1.21. The summed E-state index contributed by atoms with van der Waals surface area (Å²) >= 11 is 0. The van der Waals surface area contributed by atoms with Crippen molar-refractivity contribution in [2.24, 2.45) is 5.73 Å². The summed E-state index contributed by atoms with van der Waals surface area (Å²) in [6.07, 6.45) is 0.230. The van der Waals surface area contributed by atoms with E-state index in [0.717, 1.165) is 0 Å². The third-order valence-corrected chi connectivity index (χ3v) is 1.31. The van der Waals surface area contributed by atoms with E-state index in [2.05, 4.69) is 5.32 Å². The van der Waals surface area contributed by atoms with E-state index >= 15 is 0 Å². The number of likely N-dealkylation sites (N-methyl/N-ethyl adjacent to an activating group) is 1. The van der Waals surface area contributed by atoms with Gasteiger partial charge in [0.15, 0.2) is 0 Å². The topological polar surface area (TPSA) is 132 Å². The molecule has 6 nitrogen and oxygen atoms in total. The molecular formula is C6H15N3O3. The predicted octanol–water partition coefficient (Wildman–Crippen LogP) is -2.03. The molecule has 12 heavy (non-hydrogen) atoms. The molecule has 72 valence electrons. The van der Waals surface area contributed by atoms with Gasteiger partial charge in [0.05, 0.1) is 5.97 Å². The smallest absolute Gasteiger partial charge is 0.217 e. The summed E-state index contributed by atoms with van der Waals surface area (Å²) in [7, 11) is 1.49. The number of carbonyl (C=O) groups is 2. The number of primary amides is 1. The number of nitrogens with one attached hydrogen (secondary N) is 1. The lowest BCUT2D eigenvalue weighted by molar-refractivity contribution is -0.308. The SMILES string of the molecule is CN[C@@H](CCC(N)=O)C(=O)[O-].[NH4+]. The van der Waals surface area contributed by atoms with Crippen LogP contribution in [0.5, 0.6) is 0 Å². The van der Waals surface area contributed by atoms with Crippen LogP contribution in [0.2, 0.25) is 0 Å². The van der Waals surface area contributed by atoms with Crippen LogP contribution in [0.15, 0.2) is 0 Å². The zero-order valence-electron chi connectivity index (χ0n) is 7.29. The first-order chi connectivity index (χ1) is 5.07. The number of carbonyl (C=O) groups excluding carboxylic acids is 2. The van der Waals surface area contributed by atoms with Crippen molar-refractivity contribution in [3.63, 3.8) is 0 Å². The Morgan fingerprint density at radius 2 is 2.08 bits per heavy atom. The van der Waals surface area contributed by atoms with E-state index in [-0.39, 0.29) is 19.0 Å². The number of amides is 1. The van der Waals surface area contributed by atoms with Gasteiger partial charge in [0.25, 0.3) is 0 Å². The van der Waals surface area contributed by atoms with Gasteiger partial charge in [-0.1, -0.05) is 0 Å². The first-order valence-corrected chi connectivity index (χ1v) is 3.24. The van der Waals surface area contributed by atoms with E-state index in [1.807, 2.05) is 0 Å². The van der Waals surface area contributed by atoms with E-state index in [1.165, 1.54) is 7.05 Å². The number of rotatable bonds is 5. The summed E-state index contributed by atoms with van der Waals surface area (Å²) in [5, 5.41) is 12.7. The van der Waals surface area contributed by atoms with E-state index in [1.54, 1.807) is 0 Å². The van der Waals surface area contributed by atoms with Gasteiger partial charge >= 0.3 is 0 Å². The molecule has 0 fully saturated rings. The highest BCUT2D eigenvalue weighted by molar-refractivity contribution is 5.76. The molecule has 0 rings (SSSR count). The van der Waals surface area contributed by atoms with E-state index in [9.17, 15) is 14.7 Å². The zero-order valence-corrected chi connectivity index (χ0v) is 7.29. The van der Waals surface area contributed by atoms with Crippen molar-refractivity contribution in [2.45, 2.75) is 18.9 Å². The molecule has 0 radical (unpaired) electrons. The highest BCUT2D eigenvalue weighted by atomic mass is 16.4. The highest BCUT2D eigenvalue weighted by Crippen LogP contribution is 1.93. The van der Waals surface area contributed by atoms with Gasteiger partial charge in [-0.05, 0) is 13.5 Å². The lowest BCUT2D eigenvalue weighted by Crippen LogP contribution is -2.44. The van der Waals surface area contributed by atoms with Crippen molar-refractivity contribution in [3.8, 4) is 0 Å². The number of hydrogen-bond donors (Lipinski definition) is 3. The van der Waals surface area contributed by atoms with Crippen LogP contribution in [0.25, 0.3) is 0 Å². The summed E-state index contributed by atoms with van der Waals surface area (Å²) in [5.41, 5.74) is 4.82. The molecule has 0 aromatic rings. The second-order valence-corrected chi connectivity index (χ2v) is 2.17. The molecule has 0 aliphatic heterocycles. The summed E-state index contributed by atoms with van der Waals surface area (Å²) in [5.74, 6) is -1.72. The largest absolute Gasteiger partial charge is 0.548 e. The third-order valence-electron chi connectivity index (χ3n) is 1.31. The second kappa shape index (κ2) is 6.56. The van der Waals surface area contributed by atoms with Crippen LogP contribution in [0.1, 0.15) is 12.8 Å². The van der Waals surface area contributed by atoms with E-state index < -0.39 is 17.9 Å². The van der Waals surface area contributed by atoms with Crippen molar-refractivity contribution >= 4 is 11.9 Å². The molecule has 0 saturated carbocycles. The van der Waals surface area contributed by atoms with Crippen LogP contribution in [0, 0.1) is 0 Å². The van der Waals surface area contributed by atoms with Crippen LogP contribution in [-0.2, 0) is 9.59 Å². The summed E-state index contributed by atoms with van der Waals surface area (Å²) in [4.78, 5) is 20.4. The fraction of sp³-hybridized carbons (Fsp3) is 0.667. The van der Waals surface area contributed by atoms with Gasteiger partial charge in [0.1, 0.15) is 0 Å². The summed E-state index contributed by atoms with van der Waals surface area (Å²) in [6, 6.07) is -0.789. The fourth-order valence-corrected chi connectivity index (χ4v) is 0.667. The normalized spacial score (nSPS) is 11.4. The molecule has 0 aliphatic carbocycles. The van der Waals surface area contributed by atoms with Crippen LogP contribution < -0.4 is 22.3 Å². The maximum Gasteiger partial charge on any atom is 0.217 e. The van der Waals surface area contributed by atoms with Gasteiger partial charge in [0.2, 0.25) is 5.91 Å². The Balaban J connectivity index is 0. The molecule has 7 N–H and O–H groups in total. The third kappa shape index (κ3) is 5.63. The number of hydrogen-bond acceptors (Lipinski definition) is 4. The van der Waals surface area contributed by atoms with Crippen LogP contribution in [0.3, 0.4) is 0 Å². The number of quaternary nitrogens is 1. The van der Waals surface area contributed by atoms with Gasteiger partial charge in [-0.15, -0.1) is 0 Å². The molecule has 0 bridgehead atoms. The maximum absolute atomic E-state index is 10.2. The Kier molecular flexibility index (Phi) is 7.36. The molecule has 0 saturated heterocycles. The first kappa shape index (κ1) is 13.4. The van der Waals surface area contributed by atoms with Gasteiger partial charge in [-0.25, -0.2) is 0 Å². The molecule has 0 aromatic heterocycles. The van der Waals surface area contributed by atoms with Gasteiger partial charge in [0, 0.05) is 12.5 Å². The molecule has 0 aromatic carbocycles. The van der Waals surface area contributed by atoms with Gasteiger partial charge < -0.3 is 27.1 Å². The Morgan fingerprint density at radius 1 is 1.58 bits per heavy atom. The van der Waals surface area contributed by atoms with Crippen molar-refractivity contribution in [2.75, 3.05) is 7.05 Å². The maximum atomic E-state index is 10.2. The van der Waals surface area contributed by atoms with E-state index in [0.29, 0.717) is 0 Å². The van der Waals surface area contributed by atoms with Crippen molar-refractivity contribution in [3.05, 3.63) is 0 Å². The van der Waals surface area contributed by atoms with Gasteiger partial charge in [-0.2, -0.15) is 0 Å². The molecule has 0 unspecified atom stereocenters. The van der Waals surface area contributed by atoms with E-state index in [4.69, 9.17) is 5.73 Å². The van der Waals surface area contributed by atoms with Crippen molar-refractivity contribution in [1.82, 2.24) is 11.5 Å². The number of carboxylic acids is 1. The minimum absolute atomic E-state index is 0. The average Bonchev–Trinajstić information content (AvgIpc) is 1.87. The Morgan fingerprint density at radius 3 is 2.33 bits per heavy atom. The lowest BCUT2D eigenvalue weighted by atomic mass is 10.1. The predicted molar refractivity (Wildman–Crippen MR) is 42.3 cm³/mol. The second-order valence-electron chi connectivity index (χ2n) is 2.17. The summed E-state index contributed by atoms with van der Waals surface area (Å²) < 4.78 is 0. The van der Waals surface area contributed by atoms with Crippen LogP contribution >= 0.6 is 0 Å². The average molecular weight is 177 g/mol. The lowest BCUT2D eigenvalue weighted by Gasteiger charge is -2.15. The van der Waals surface area contributed by atoms with Crippen molar-refractivity contribution < 1.29 is 14.7 Å². The first-order valence-electron chi connectivity index (χ1n) is 3.24.